The number of amides is 1. The zero-order valence-electron chi connectivity index (χ0n) is 17.6. The van der Waals surface area contributed by atoms with Crippen LogP contribution in [0.3, 0.4) is 0 Å². The molecule has 1 aliphatic carbocycles. The van der Waals surface area contributed by atoms with Gasteiger partial charge in [0.25, 0.3) is 5.56 Å². The fraction of sp³-hybridized carbons (Fsp3) is 0.500. The third-order valence-corrected chi connectivity index (χ3v) is 7.83. The van der Waals surface area contributed by atoms with Crippen LogP contribution in [-0.4, -0.2) is 26.5 Å². The molecule has 1 aliphatic heterocycles. The van der Waals surface area contributed by atoms with Crippen molar-refractivity contribution in [2.45, 2.75) is 73.0 Å². The topological polar surface area (TPSA) is 64.0 Å². The third kappa shape index (κ3) is 5.17. The van der Waals surface area contributed by atoms with Crippen LogP contribution in [-0.2, 0) is 17.4 Å². The summed E-state index contributed by atoms with van der Waals surface area (Å²) in [5, 5.41) is 3.33. The van der Waals surface area contributed by atoms with Crippen molar-refractivity contribution in [2.24, 2.45) is 0 Å². The molecule has 1 aromatic heterocycles. The minimum atomic E-state index is -4.48. The van der Waals surface area contributed by atoms with Gasteiger partial charge in [0, 0.05) is 23.4 Å². The van der Waals surface area contributed by atoms with Crippen LogP contribution in [0.5, 0.6) is 0 Å². The summed E-state index contributed by atoms with van der Waals surface area (Å²) >= 11 is 2.73. The van der Waals surface area contributed by atoms with Gasteiger partial charge in [-0.2, -0.15) is 13.2 Å². The Labute approximate surface area is 192 Å². The van der Waals surface area contributed by atoms with Gasteiger partial charge in [-0.1, -0.05) is 44.0 Å². The number of benzene rings is 1. The highest BCUT2D eigenvalue weighted by molar-refractivity contribution is 8.00. The minimum absolute atomic E-state index is 0.0305. The van der Waals surface area contributed by atoms with E-state index in [2.05, 4.69) is 12.2 Å². The van der Waals surface area contributed by atoms with E-state index in [4.69, 9.17) is 4.98 Å². The summed E-state index contributed by atoms with van der Waals surface area (Å²) in [5.41, 5.74) is 0.0145. The summed E-state index contributed by atoms with van der Waals surface area (Å²) in [6, 6.07) is 4.61. The van der Waals surface area contributed by atoms with E-state index in [1.54, 1.807) is 16.3 Å². The summed E-state index contributed by atoms with van der Waals surface area (Å²) < 4.78 is 40.5. The van der Waals surface area contributed by atoms with Crippen LogP contribution in [0.15, 0.2) is 39.1 Å². The van der Waals surface area contributed by atoms with Crippen LogP contribution < -0.4 is 10.9 Å². The molecule has 5 nitrogen and oxygen atoms in total. The summed E-state index contributed by atoms with van der Waals surface area (Å²) in [5.74, 6) is -0.487. The molecule has 32 heavy (non-hydrogen) atoms. The third-order valence-electron chi connectivity index (χ3n) is 5.66. The Balaban J connectivity index is 1.53. The number of halogens is 3. The van der Waals surface area contributed by atoms with Crippen LogP contribution in [0, 0.1) is 0 Å². The van der Waals surface area contributed by atoms with Gasteiger partial charge < -0.3 is 5.32 Å². The second kappa shape index (κ2) is 9.51. The van der Waals surface area contributed by atoms with Crippen molar-refractivity contribution >= 4 is 35.1 Å². The van der Waals surface area contributed by atoms with Gasteiger partial charge in [0.15, 0.2) is 5.16 Å². The van der Waals surface area contributed by atoms with E-state index >= 15 is 0 Å². The molecule has 1 N–H and O–H groups in total. The smallest absolute Gasteiger partial charge is 0.325 e. The van der Waals surface area contributed by atoms with E-state index in [-0.39, 0.29) is 28.3 Å². The largest absolute Gasteiger partial charge is 0.416 e. The molecule has 0 spiro atoms. The lowest BCUT2D eigenvalue weighted by Gasteiger charge is -2.26. The zero-order valence-corrected chi connectivity index (χ0v) is 19.2. The Hall–Kier alpha value is -1.94. The van der Waals surface area contributed by atoms with Gasteiger partial charge in [-0.3, -0.25) is 14.2 Å². The van der Waals surface area contributed by atoms with Crippen LogP contribution in [0.4, 0.5) is 18.9 Å². The monoisotopic (exact) mass is 483 g/mol. The fourth-order valence-electron chi connectivity index (χ4n) is 4.18. The number of thioether (sulfide) groups is 2. The Bertz CT molecular complexity index is 1070. The first kappa shape index (κ1) is 23.2. The fourth-order valence-corrected chi connectivity index (χ4v) is 6.16. The van der Waals surface area contributed by atoms with E-state index in [0.717, 1.165) is 49.9 Å². The number of carbonyl (C=O) groups is 1. The van der Waals surface area contributed by atoms with Crippen molar-refractivity contribution in [2.75, 3.05) is 11.1 Å². The average molecular weight is 484 g/mol. The van der Waals surface area contributed by atoms with Crippen molar-refractivity contribution in [3.05, 3.63) is 45.9 Å². The molecule has 2 aromatic rings. The second-order valence-electron chi connectivity index (χ2n) is 8.19. The molecule has 4 rings (SSSR count). The SMILES string of the molecule is CC1Cc2nc(SCC(=O)Nc3cccc(C(F)(F)F)c3)n(C3CCCCC3)c(=O)c2S1. The molecule has 172 valence electrons. The number of nitrogens with zero attached hydrogens (tertiary/aromatic N) is 2. The van der Waals surface area contributed by atoms with E-state index < -0.39 is 17.6 Å². The van der Waals surface area contributed by atoms with Crippen molar-refractivity contribution < 1.29 is 18.0 Å². The first-order valence-electron chi connectivity index (χ1n) is 10.6. The zero-order chi connectivity index (χ0) is 22.9. The predicted molar refractivity (Wildman–Crippen MR) is 120 cm³/mol. The van der Waals surface area contributed by atoms with Crippen molar-refractivity contribution in [1.29, 1.82) is 0 Å². The summed E-state index contributed by atoms with van der Waals surface area (Å²) in [7, 11) is 0. The van der Waals surface area contributed by atoms with Crippen LogP contribution in [0.25, 0.3) is 0 Å². The Morgan fingerprint density at radius 1 is 1.28 bits per heavy atom. The summed E-state index contributed by atoms with van der Waals surface area (Å²) in [6.45, 7) is 2.06. The highest BCUT2D eigenvalue weighted by Gasteiger charge is 2.31. The maximum Gasteiger partial charge on any atom is 0.416 e. The molecule has 1 aromatic carbocycles. The molecule has 1 amide bonds. The summed E-state index contributed by atoms with van der Waals surface area (Å²) in [6.07, 6.45) is 1.31. The highest BCUT2D eigenvalue weighted by atomic mass is 32.2. The Kier molecular flexibility index (Phi) is 6.90. The average Bonchev–Trinajstić information content (AvgIpc) is 3.13. The number of rotatable bonds is 5. The molecule has 1 saturated carbocycles. The number of hydrogen-bond donors (Lipinski definition) is 1. The number of anilines is 1. The second-order valence-corrected chi connectivity index (χ2v) is 10.6. The molecule has 0 bridgehead atoms. The van der Waals surface area contributed by atoms with Gasteiger partial charge >= 0.3 is 6.18 Å². The van der Waals surface area contributed by atoms with Crippen molar-refractivity contribution in [3.8, 4) is 0 Å². The Morgan fingerprint density at radius 3 is 2.75 bits per heavy atom. The maximum absolute atomic E-state index is 13.3. The maximum atomic E-state index is 13.3. The number of nitrogens with one attached hydrogen (secondary N) is 1. The predicted octanol–water partition coefficient (Wildman–Crippen LogP) is 5.53. The van der Waals surface area contributed by atoms with E-state index in [1.807, 2.05) is 0 Å². The summed E-state index contributed by atoms with van der Waals surface area (Å²) in [4.78, 5) is 31.2. The van der Waals surface area contributed by atoms with E-state index in [9.17, 15) is 22.8 Å². The molecular formula is C22H24F3N3O2S2. The number of alkyl halides is 3. The number of hydrogen-bond acceptors (Lipinski definition) is 5. The van der Waals surface area contributed by atoms with Crippen LogP contribution in [0.1, 0.15) is 56.3 Å². The first-order valence-corrected chi connectivity index (χ1v) is 12.5. The molecule has 1 unspecified atom stereocenters. The van der Waals surface area contributed by atoms with Crippen molar-refractivity contribution in [3.63, 3.8) is 0 Å². The van der Waals surface area contributed by atoms with Crippen LogP contribution in [0.2, 0.25) is 0 Å². The van der Waals surface area contributed by atoms with Crippen LogP contribution >= 0.6 is 23.5 Å². The van der Waals surface area contributed by atoms with Gasteiger partial charge in [0.2, 0.25) is 5.91 Å². The Morgan fingerprint density at radius 2 is 2.03 bits per heavy atom. The highest BCUT2D eigenvalue weighted by Crippen LogP contribution is 2.37. The van der Waals surface area contributed by atoms with Gasteiger partial charge in [-0.05, 0) is 31.0 Å². The number of aromatic nitrogens is 2. The van der Waals surface area contributed by atoms with Gasteiger partial charge in [-0.15, -0.1) is 11.8 Å². The molecule has 2 heterocycles. The van der Waals surface area contributed by atoms with E-state index in [1.165, 1.54) is 23.9 Å². The molecule has 1 atom stereocenters. The first-order chi connectivity index (χ1) is 15.2. The number of fused-ring (bicyclic) bond motifs is 1. The molecule has 10 heteroatoms. The number of carbonyl (C=O) groups excluding carboxylic acids is 1. The molecular weight excluding hydrogens is 459 g/mol. The lowest BCUT2D eigenvalue weighted by Crippen LogP contribution is -2.30. The van der Waals surface area contributed by atoms with Crippen molar-refractivity contribution in [1.82, 2.24) is 9.55 Å². The van der Waals surface area contributed by atoms with E-state index in [0.29, 0.717) is 16.5 Å². The van der Waals surface area contributed by atoms with Gasteiger partial charge in [0.1, 0.15) is 0 Å². The van der Waals surface area contributed by atoms with Gasteiger partial charge in [-0.25, -0.2) is 4.98 Å². The molecule has 0 saturated heterocycles. The standard InChI is InChI=1S/C22H24F3N3O2S2/c1-13-10-17-19(32-13)20(30)28(16-8-3-2-4-9-16)21(27-17)31-12-18(29)26-15-7-5-6-14(11-15)22(23,24)25/h5-7,11,13,16H,2-4,8-10,12H2,1H3,(H,26,29). The minimum Gasteiger partial charge on any atom is -0.325 e. The quantitative estimate of drug-likeness (QED) is 0.447. The normalized spacial score (nSPS) is 19.1. The lowest BCUT2D eigenvalue weighted by molar-refractivity contribution is -0.137. The van der Waals surface area contributed by atoms with Gasteiger partial charge in [0.05, 0.1) is 21.9 Å². The lowest BCUT2D eigenvalue weighted by atomic mass is 9.95. The molecule has 2 aliphatic rings. The molecule has 0 radical (unpaired) electrons. The molecule has 1 fully saturated rings.